The van der Waals surface area contributed by atoms with E-state index in [9.17, 15) is 9.59 Å². The highest BCUT2D eigenvalue weighted by Gasteiger charge is 2.15. The maximum atomic E-state index is 12.3. The number of methoxy groups -OCH3 is 1. The van der Waals surface area contributed by atoms with Gasteiger partial charge in [-0.2, -0.15) is 5.10 Å². The first-order chi connectivity index (χ1) is 13.5. The monoisotopic (exact) mass is 379 g/mol. The first-order valence-corrected chi connectivity index (χ1v) is 8.35. The molecule has 0 aliphatic heterocycles. The van der Waals surface area contributed by atoms with Gasteiger partial charge in [-0.1, -0.05) is 0 Å². The third-order valence-corrected chi connectivity index (χ3v) is 4.21. The molecule has 1 aromatic carbocycles. The van der Waals surface area contributed by atoms with Crippen LogP contribution in [0, 0.1) is 0 Å². The highest BCUT2D eigenvalue weighted by atomic mass is 16.5. The second-order valence-electron chi connectivity index (χ2n) is 6.06. The number of carbonyl (C=O) groups excluding carboxylic acids is 2. The number of esters is 1. The molecule has 0 saturated heterocycles. The maximum Gasteiger partial charge on any atom is 0.338 e. The van der Waals surface area contributed by atoms with E-state index in [-0.39, 0.29) is 0 Å². The Balaban J connectivity index is 1.52. The van der Waals surface area contributed by atoms with Gasteiger partial charge in [-0.15, -0.1) is 0 Å². The number of aryl methyl sites for hydroxylation is 1. The number of amides is 2. The molecule has 0 atom stereocenters. The minimum atomic E-state index is -0.500. The molecule has 4 aromatic rings. The molecule has 2 amide bonds. The lowest BCUT2D eigenvalue weighted by Gasteiger charge is -2.08. The number of aromatic amines is 2. The summed E-state index contributed by atoms with van der Waals surface area (Å²) in [5.74, 6) is 0.547. The van der Waals surface area contributed by atoms with Crippen LogP contribution in [-0.4, -0.2) is 43.8 Å². The summed E-state index contributed by atoms with van der Waals surface area (Å²) in [5.41, 5.74) is 2.17. The Bertz CT molecular complexity index is 1170. The number of nitrogens with zero attached hydrogens (tertiary/aromatic N) is 3. The number of imidazole rings is 1. The van der Waals surface area contributed by atoms with Gasteiger partial charge in [0.1, 0.15) is 5.69 Å². The van der Waals surface area contributed by atoms with E-state index in [0.29, 0.717) is 39.5 Å². The van der Waals surface area contributed by atoms with Crippen molar-refractivity contribution in [2.24, 2.45) is 7.05 Å². The van der Waals surface area contributed by atoms with E-state index in [2.05, 4.69) is 30.8 Å². The van der Waals surface area contributed by atoms with Gasteiger partial charge in [0.05, 0.1) is 12.7 Å². The van der Waals surface area contributed by atoms with Gasteiger partial charge < -0.3 is 19.6 Å². The number of aromatic nitrogens is 5. The quantitative estimate of drug-likeness (QED) is 0.405. The van der Waals surface area contributed by atoms with Crippen molar-refractivity contribution in [1.82, 2.24) is 24.7 Å². The molecule has 3 heterocycles. The van der Waals surface area contributed by atoms with Crippen molar-refractivity contribution in [3.05, 3.63) is 48.4 Å². The average molecular weight is 379 g/mol. The topological polar surface area (TPSA) is 130 Å². The van der Waals surface area contributed by atoms with Crippen molar-refractivity contribution < 1.29 is 14.3 Å². The summed E-state index contributed by atoms with van der Waals surface area (Å²) in [6, 6.07) is 6.24. The van der Waals surface area contributed by atoms with Crippen LogP contribution in [-0.2, 0) is 11.8 Å². The molecule has 0 fully saturated rings. The fourth-order valence-corrected chi connectivity index (χ4v) is 2.92. The van der Waals surface area contributed by atoms with E-state index in [0.717, 1.165) is 0 Å². The van der Waals surface area contributed by atoms with Crippen LogP contribution < -0.4 is 10.6 Å². The van der Waals surface area contributed by atoms with E-state index < -0.39 is 12.0 Å². The van der Waals surface area contributed by atoms with Crippen LogP contribution >= 0.6 is 0 Å². The zero-order valence-electron chi connectivity index (χ0n) is 15.1. The summed E-state index contributed by atoms with van der Waals surface area (Å²) in [6.45, 7) is 0. The van der Waals surface area contributed by atoms with Crippen LogP contribution in [0.25, 0.3) is 22.4 Å². The molecule has 0 aliphatic carbocycles. The molecular weight excluding hydrogens is 362 g/mol. The van der Waals surface area contributed by atoms with Crippen LogP contribution in [0.15, 0.2) is 42.9 Å². The highest BCUT2D eigenvalue weighted by molar-refractivity contribution is 6.07. The summed E-state index contributed by atoms with van der Waals surface area (Å²) < 4.78 is 6.64. The van der Waals surface area contributed by atoms with Crippen LogP contribution in [0.2, 0.25) is 0 Å². The lowest BCUT2D eigenvalue weighted by Crippen LogP contribution is -2.20. The number of nitrogens with one attached hydrogen (secondary N) is 4. The average Bonchev–Trinajstić information content (AvgIpc) is 3.40. The summed E-state index contributed by atoms with van der Waals surface area (Å²) in [4.78, 5) is 31.6. The van der Waals surface area contributed by atoms with Gasteiger partial charge in [-0.3, -0.25) is 10.4 Å². The van der Waals surface area contributed by atoms with Crippen molar-refractivity contribution in [3.8, 4) is 11.5 Å². The largest absolute Gasteiger partial charge is 0.465 e. The van der Waals surface area contributed by atoms with Crippen molar-refractivity contribution in [3.63, 3.8) is 0 Å². The number of anilines is 2. The summed E-state index contributed by atoms with van der Waals surface area (Å²) in [7, 11) is 3.17. The molecule has 4 N–H and O–H groups in total. The minimum absolute atomic E-state index is 0.338. The number of rotatable bonds is 4. The smallest absolute Gasteiger partial charge is 0.338 e. The van der Waals surface area contributed by atoms with Gasteiger partial charge in [-0.25, -0.2) is 14.6 Å². The lowest BCUT2D eigenvalue weighted by atomic mass is 10.1. The molecule has 0 saturated carbocycles. The van der Waals surface area contributed by atoms with Gasteiger partial charge in [-0.05, 0) is 18.2 Å². The van der Waals surface area contributed by atoms with E-state index in [1.54, 1.807) is 36.7 Å². The first kappa shape index (κ1) is 17.3. The molecule has 0 bridgehead atoms. The number of hydrogen-bond donors (Lipinski definition) is 4. The van der Waals surface area contributed by atoms with Gasteiger partial charge in [0.25, 0.3) is 0 Å². The lowest BCUT2D eigenvalue weighted by molar-refractivity contribution is 0.0603. The van der Waals surface area contributed by atoms with E-state index in [4.69, 9.17) is 4.74 Å². The van der Waals surface area contributed by atoms with Crippen LogP contribution in [0.5, 0.6) is 0 Å². The summed E-state index contributed by atoms with van der Waals surface area (Å²) in [5, 5.41) is 12.9. The maximum absolute atomic E-state index is 12.3. The molecule has 3 aromatic heterocycles. The number of urea groups is 1. The minimum Gasteiger partial charge on any atom is -0.465 e. The van der Waals surface area contributed by atoms with Crippen molar-refractivity contribution in [2.45, 2.75) is 0 Å². The first-order valence-electron chi connectivity index (χ1n) is 8.35. The second kappa shape index (κ2) is 6.91. The van der Waals surface area contributed by atoms with E-state index >= 15 is 0 Å². The number of H-pyrrole nitrogens is 2. The summed E-state index contributed by atoms with van der Waals surface area (Å²) >= 11 is 0. The molecular formula is C18H17N7O3. The normalized spacial score (nSPS) is 10.8. The Labute approximate surface area is 158 Å². The summed E-state index contributed by atoms with van der Waals surface area (Å²) in [6.07, 6.45) is 5.20. The molecule has 0 unspecified atom stereocenters. The number of fused-ring (bicyclic) bond motifs is 1. The molecule has 10 heteroatoms. The fraction of sp³-hybridized carbons (Fsp3) is 0.111. The van der Waals surface area contributed by atoms with Crippen molar-refractivity contribution in [2.75, 3.05) is 17.7 Å². The predicted molar refractivity (Wildman–Crippen MR) is 103 cm³/mol. The van der Waals surface area contributed by atoms with Crippen molar-refractivity contribution >= 4 is 34.4 Å². The third kappa shape index (κ3) is 3.18. The van der Waals surface area contributed by atoms with Gasteiger partial charge in [0.2, 0.25) is 0 Å². The standard InChI is InChI=1S/C18H17N7O3/c1-25-6-5-20-16(25)14-9-15(24-23-14)22-18(27)21-10-7-12(17(26)28-2)11-3-4-19-13(11)8-10/h3-9,19H,1-2H3,(H3,21,22,23,24,27). The van der Waals surface area contributed by atoms with Gasteiger partial charge >= 0.3 is 12.0 Å². The van der Waals surface area contributed by atoms with E-state index in [1.807, 2.05) is 17.8 Å². The Morgan fingerprint density at radius 2 is 2.07 bits per heavy atom. The number of benzene rings is 1. The molecule has 28 heavy (non-hydrogen) atoms. The zero-order chi connectivity index (χ0) is 19.7. The highest BCUT2D eigenvalue weighted by Crippen LogP contribution is 2.24. The molecule has 10 nitrogen and oxygen atoms in total. The van der Waals surface area contributed by atoms with Crippen LogP contribution in [0.3, 0.4) is 0 Å². The Kier molecular flexibility index (Phi) is 4.28. The molecule has 0 aliphatic rings. The molecule has 0 radical (unpaired) electrons. The Morgan fingerprint density at radius 3 is 2.82 bits per heavy atom. The van der Waals surface area contributed by atoms with E-state index in [1.165, 1.54) is 7.11 Å². The number of ether oxygens (including phenoxy) is 1. The number of hydrogen-bond acceptors (Lipinski definition) is 5. The Morgan fingerprint density at radius 1 is 1.21 bits per heavy atom. The second-order valence-corrected chi connectivity index (χ2v) is 6.06. The van der Waals surface area contributed by atoms with Gasteiger partial charge in [0, 0.05) is 48.3 Å². The number of carbonyl (C=O) groups is 2. The predicted octanol–water partition coefficient (Wildman–Crippen LogP) is 2.72. The van der Waals surface area contributed by atoms with Gasteiger partial charge in [0.15, 0.2) is 11.6 Å². The van der Waals surface area contributed by atoms with Crippen molar-refractivity contribution in [1.29, 1.82) is 0 Å². The zero-order valence-corrected chi connectivity index (χ0v) is 15.1. The Hall–Kier alpha value is -4.08. The molecule has 4 rings (SSSR count). The van der Waals surface area contributed by atoms with Crippen LogP contribution in [0.1, 0.15) is 10.4 Å². The SMILES string of the molecule is COC(=O)c1cc(NC(=O)Nc2cc(-c3nccn3C)[nH]n2)cc2[nH]ccc12. The third-order valence-electron chi connectivity index (χ3n) is 4.21. The molecule has 0 spiro atoms. The molecule has 142 valence electrons. The fourth-order valence-electron chi connectivity index (χ4n) is 2.92. The van der Waals surface area contributed by atoms with Crippen LogP contribution in [0.4, 0.5) is 16.3 Å².